The minimum Gasteiger partial charge on any atom is -0.366 e. The highest BCUT2D eigenvalue weighted by molar-refractivity contribution is 5.94. The topological polar surface area (TPSA) is 76.2 Å². The molecule has 2 aliphatic rings. The van der Waals surface area contributed by atoms with Crippen LogP contribution in [0, 0.1) is 17.6 Å². The first-order valence-electron chi connectivity index (χ1n) is 12.2. The molecule has 0 aromatic heterocycles. The van der Waals surface area contributed by atoms with Gasteiger partial charge in [0, 0.05) is 69.5 Å². The molecule has 36 heavy (non-hydrogen) atoms. The lowest BCUT2D eigenvalue weighted by Crippen LogP contribution is -2.51. The SMILES string of the molecule is CC(C)C(=O)N1CCN(c2ccc(NC(=O)N3CCN(C(=O)c4cccc(F)c4)CC3)cc2F)CC1. The van der Waals surface area contributed by atoms with Gasteiger partial charge in [0.25, 0.3) is 5.91 Å². The van der Waals surface area contributed by atoms with Crippen LogP contribution >= 0.6 is 0 Å². The fourth-order valence-corrected chi connectivity index (χ4v) is 4.49. The summed E-state index contributed by atoms with van der Waals surface area (Å²) in [5.41, 5.74) is 1.05. The van der Waals surface area contributed by atoms with E-state index < -0.39 is 11.6 Å². The Labute approximate surface area is 209 Å². The molecule has 2 fully saturated rings. The second-order valence-corrected chi connectivity index (χ2v) is 9.35. The number of piperazine rings is 2. The molecular formula is C26H31F2N5O3. The highest BCUT2D eigenvalue weighted by Crippen LogP contribution is 2.25. The predicted octanol–water partition coefficient (Wildman–Crippen LogP) is 3.26. The number of hydrogen-bond acceptors (Lipinski definition) is 4. The van der Waals surface area contributed by atoms with E-state index in [4.69, 9.17) is 0 Å². The third-order valence-electron chi connectivity index (χ3n) is 6.55. The molecule has 0 atom stereocenters. The molecule has 2 saturated heterocycles. The number of carbonyl (C=O) groups excluding carboxylic acids is 3. The molecule has 0 bridgehead atoms. The first-order valence-corrected chi connectivity index (χ1v) is 12.2. The Morgan fingerprint density at radius 2 is 1.44 bits per heavy atom. The van der Waals surface area contributed by atoms with Crippen LogP contribution in [-0.4, -0.2) is 84.9 Å². The van der Waals surface area contributed by atoms with E-state index in [9.17, 15) is 23.2 Å². The summed E-state index contributed by atoms with van der Waals surface area (Å²) >= 11 is 0. The lowest BCUT2D eigenvalue weighted by Gasteiger charge is -2.37. The smallest absolute Gasteiger partial charge is 0.321 e. The van der Waals surface area contributed by atoms with Crippen LogP contribution in [-0.2, 0) is 4.79 Å². The van der Waals surface area contributed by atoms with Crippen molar-refractivity contribution in [2.75, 3.05) is 62.6 Å². The van der Waals surface area contributed by atoms with E-state index in [0.29, 0.717) is 63.7 Å². The van der Waals surface area contributed by atoms with Crippen molar-refractivity contribution in [2.24, 2.45) is 5.92 Å². The first kappa shape index (κ1) is 25.4. The summed E-state index contributed by atoms with van der Waals surface area (Å²) in [5, 5.41) is 2.72. The van der Waals surface area contributed by atoms with Gasteiger partial charge in [-0.05, 0) is 36.4 Å². The molecule has 0 unspecified atom stereocenters. The van der Waals surface area contributed by atoms with Gasteiger partial charge < -0.3 is 24.9 Å². The number of nitrogens with one attached hydrogen (secondary N) is 1. The van der Waals surface area contributed by atoms with Crippen molar-refractivity contribution in [1.82, 2.24) is 14.7 Å². The van der Waals surface area contributed by atoms with Gasteiger partial charge in [-0.2, -0.15) is 0 Å². The van der Waals surface area contributed by atoms with Crippen LogP contribution < -0.4 is 10.2 Å². The molecule has 2 heterocycles. The molecule has 2 aromatic rings. The fraction of sp³-hybridized carbons (Fsp3) is 0.423. The zero-order chi connectivity index (χ0) is 25.8. The van der Waals surface area contributed by atoms with E-state index in [1.807, 2.05) is 18.7 Å². The number of hydrogen-bond donors (Lipinski definition) is 1. The van der Waals surface area contributed by atoms with Crippen LogP contribution in [0.4, 0.5) is 25.0 Å². The van der Waals surface area contributed by atoms with Crippen molar-refractivity contribution in [3.05, 3.63) is 59.7 Å². The number of amides is 4. The molecule has 10 heteroatoms. The molecule has 1 N–H and O–H groups in total. The van der Waals surface area contributed by atoms with Crippen molar-refractivity contribution < 1.29 is 23.2 Å². The molecule has 2 aliphatic heterocycles. The van der Waals surface area contributed by atoms with Gasteiger partial charge in [0.1, 0.15) is 11.6 Å². The Hall–Kier alpha value is -3.69. The summed E-state index contributed by atoms with van der Waals surface area (Å²) in [6.45, 7) is 7.18. The third-order valence-corrected chi connectivity index (χ3v) is 6.55. The van der Waals surface area contributed by atoms with Crippen LogP contribution in [0.15, 0.2) is 42.5 Å². The lowest BCUT2D eigenvalue weighted by atomic mass is 10.1. The van der Waals surface area contributed by atoms with Gasteiger partial charge in [-0.3, -0.25) is 9.59 Å². The van der Waals surface area contributed by atoms with Crippen LogP contribution in [0.1, 0.15) is 24.2 Å². The first-order chi connectivity index (χ1) is 17.2. The Kier molecular flexibility index (Phi) is 7.71. The zero-order valence-corrected chi connectivity index (χ0v) is 20.5. The van der Waals surface area contributed by atoms with E-state index >= 15 is 0 Å². The number of benzene rings is 2. The molecule has 0 aliphatic carbocycles. The standard InChI is InChI=1S/C26H31F2N5O3/c1-18(2)24(34)31-10-8-30(9-11-31)23-7-6-21(17-22(23)28)29-26(36)33-14-12-32(13-15-33)25(35)19-4-3-5-20(27)16-19/h3-7,16-18H,8-15H2,1-2H3,(H,29,36). The summed E-state index contributed by atoms with van der Waals surface area (Å²) in [6.07, 6.45) is 0. The largest absolute Gasteiger partial charge is 0.366 e. The third kappa shape index (κ3) is 5.75. The summed E-state index contributed by atoms with van der Waals surface area (Å²) in [6, 6.07) is 9.75. The van der Waals surface area contributed by atoms with Crippen molar-refractivity contribution in [2.45, 2.75) is 13.8 Å². The molecule has 0 spiro atoms. The monoisotopic (exact) mass is 499 g/mol. The number of urea groups is 1. The van der Waals surface area contributed by atoms with E-state index in [2.05, 4.69) is 5.32 Å². The number of carbonyl (C=O) groups is 3. The molecule has 2 aromatic carbocycles. The van der Waals surface area contributed by atoms with Crippen LogP contribution in [0.25, 0.3) is 0 Å². The van der Waals surface area contributed by atoms with Crippen LogP contribution in [0.5, 0.6) is 0 Å². The summed E-state index contributed by atoms with van der Waals surface area (Å²) in [7, 11) is 0. The maximum absolute atomic E-state index is 14.9. The summed E-state index contributed by atoms with van der Waals surface area (Å²) in [4.78, 5) is 44.3. The minimum atomic E-state index is -0.472. The molecule has 192 valence electrons. The number of nitrogens with zero attached hydrogens (tertiary/aromatic N) is 4. The van der Waals surface area contributed by atoms with Crippen LogP contribution in [0.2, 0.25) is 0 Å². The normalized spacial score (nSPS) is 16.4. The van der Waals surface area contributed by atoms with Gasteiger partial charge in [-0.25, -0.2) is 13.6 Å². The maximum atomic E-state index is 14.9. The van der Waals surface area contributed by atoms with Gasteiger partial charge in [-0.1, -0.05) is 19.9 Å². The highest BCUT2D eigenvalue weighted by Gasteiger charge is 2.26. The fourth-order valence-electron chi connectivity index (χ4n) is 4.49. The number of rotatable bonds is 4. The lowest BCUT2D eigenvalue weighted by molar-refractivity contribution is -0.134. The van der Waals surface area contributed by atoms with E-state index in [1.165, 1.54) is 24.3 Å². The van der Waals surface area contributed by atoms with Gasteiger partial charge in [0.05, 0.1) is 5.69 Å². The van der Waals surface area contributed by atoms with Gasteiger partial charge in [0.15, 0.2) is 0 Å². The maximum Gasteiger partial charge on any atom is 0.321 e. The quantitative estimate of drug-likeness (QED) is 0.701. The van der Waals surface area contributed by atoms with E-state index in [0.717, 1.165) is 0 Å². The Bertz CT molecular complexity index is 1130. The van der Waals surface area contributed by atoms with Crippen molar-refractivity contribution in [1.29, 1.82) is 0 Å². The highest BCUT2D eigenvalue weighted by atomic mass is 19.1. The molecule has 4 amide bonds. The predicted molar refractivity (Wildman–Crippen MR) is 133 cm³/mol. The van der Waals surface area contributed by atoms with Crippen molar-refractivity contribution >= 4 is 29.2 Å². The molecule has 4 rings (SSSR count). The minimum absolute atomic E-state index is 0.0620. The number of halogens is 2. The Morgan fingerprint density at radius 1 is 0.806 bits per heavy atom. The average molecular weight is 500 g/mol. The molecule has 8 nitrogen and oxygen atoms in total. The zero-order valence-electron chi connectivity index (χ0n) is 20.5. The van der Waals surface area contributed by atoms with Gasteiger partial charge in [-0.15, -0.1) is 0 Å². The Morgan fingerprint density at radius 3 is 2.06 bits per heavy atom. The summed E-state index contributed by atoms with van der Waals surface area (Å²) < 4.78 is 28.3. The van der Waals surface area contributed by atoms with Crippen molar-refractivity contribution in [3.63, 3.8) is 0 Å². The van der Waals surface area contributed by atoms with Crippen LogP contribution in [0.3, 0.4) is 0 Å². The van der Waals surface area contributed by atoms with Gasteiger partial charge >= 0.3 is 6.03 Å². The van der Waals surface area contributed by atoms with Gasteiger partial charge in [0.2, 0.25) is 5.91 Å². The second kappa shape index (κ2) is 10.9. The van der Waals surface area contributed by atoms with E-state index in [-0.39, 0.29) is 29.3 Å². The average Bonchev–Trinajstić information content (AvgIpc) is 2.88. The number of anilines is 2. The molecule has 0 radical (unpaired) electrons. The van der Waals surface area contributed by atoms with E-state index in [1.54, 1.807) is 32.9 Å². The molecular weight excluding hydrogens is 468 g/mol. The summed E-state index contributed by atoms with van der Waals surface area (Å²) in [5.74, 6) is -1.15. The van der Waals surface area contributed by atoms with Crippen molar-refractivity contribution in [3.8, 4) is 0 Å². The Balaban J connectivity index is 1.29. The molecule has 0 saturated carbocycles. The second-order valence-electron chi connectivity index (χ2n) is 9.35.